The molecular weight excluding hydrogens is 362 g/mol. The molecule has 1 aliphatic rings. The van der Waals surface area contributed by atoms with Crippen LogP contribution in [0, 0.1) is 6.92 Å². The number of sulfone groups is 1. The summed E-state index contributed by atoms with van der Waals surface area (Å²) in [6.45, 7) is 5.87. The van der Waals surface area contributed by atoms with Crippen molar-refractivity contribution in [3.63, 3.8) is 0 Å². The second-order valence-electron chi connectivity index (χ2n) is 7.81. The smallest absolute Gasteiger partial charge is 0.181 e. The zero-order valence-electron chi connectivity index (χ0n) is 16.2. The van der Waals surface area contributed by atoms with Crippen LogP contribution in [0.2, 0.25) is 0 Å². The van der Waals surface area contributed by atoms with Crippen LogP contribution in [0.15, 0.2) is 45.7 Å². The number of aryl methyl sites for hydroxylation is 1. The minimum atomic E-state index is -3.22. The first kappa shape index (κ1) is 20.1. The first-order chi connectivity index (χ1) is 12.7. The van der Waals surface area contributed by atoms with Gasteiger partial charge in [-0.25, -0.2) is 8.42 Å². The lowest BCUT2D eigenvalue weighted by Crippen LogP contribution is -2.36. The van der Waals surface area contributed by atoms with Gasteiger partial charge in [-0.3, -0.25) is 0 Å². The molecule has 0 saturated heterocycles. The van der Waals surface area contributed by atoms with Gasteiger partial charge in [0.1, 0.15) is 17.1 Å². The molecule has 1 heterocycles. The Morgan fingerprint density at radius 2 is 1.81 bits per heavy atom. The lowest BCUT2D eigenvalue weighted by Gasteiger charge is -2.24. The Hall–Kier alpha value is -1.63. The Labute approximate surface area is 161 Å². The second-order valence-corrected chi connectivity index (χ2v) is 10.0. The van der Waals surface area contributed by atoms with Crippen molar-refractivity contribution in [1.29, 1.82) is 0 Å². The predicted octanol–water partition coefficient (Wildman–Crippen LogP) is 3.86. The number of hydrogen-bond donors (Lipinski definition) is 2. The molecular formula is C21H29NO4S. The Morgan fingerprint density at radius 1 is 1.19 bits per heavy atom. The fraction of sp³-hybridized carbons (Fsp3) is 0.524. The van der Waals surface area contributed by atoms with E-state index in [4.69, 9.17) is 4.42 Å². The van der Waals surface area contributed by atoms with Crippen molar-refractivity contribution in [3.8, 4) is 0 Å². The molecule has 1 fully saturated rings. The minimum Gasteiger partial charge on any atom is -0.463 e. The standard InChI is InChI=1S/C21H29NO4S/c1-15-8-13-20(26-15)21(3,23)14-22-16(2)17-9-11-19(12-10-17)27(24,25)18-6-4-5-7-18/h8-13,16,18,22-23H,4-7,14H2,1-3H3/t16-,21-/m0/s1. The van der Waals surface area contributed by atoms with Gasteiger partial charge in [-0.15, -0.1) is 0 Å². The SMILES string of the molecule is Cc1ccc([C@@](C)(O)CN[C@@H](C)c2ccc(S(=O)(=O)C3CCCC3)cc2)o1. The van der Waals surface area contributed by atoms with Crippen LogP contribution in [-0.4, -0.2) is 25.3 Å². The van der Waals surface area contributed by atoms with E-state index in [1.165, 1.54) is 0 Å². The minimum absolute atomic E-state index is 0.0317. The third kappa shape index (κ3) is 4.45. The average Bonchev–Trinajstić information content (AvgIpc) is 3.32. The summed E-state index contributed by atoms with van der Waals surface area (Å²) in [6, 6.07) is 10.7. The van der Waals surface area contributed by atoms with E-state index in [0.717, 1.165) is 37.0 Å². The van der Waals surface area contributed by atoms with E-state index in [1.807, 2.05) is 32.0 Å². The highest BCUT2D eigenvalue weighted by atomic mass is 32.2. The number of nitrogens with one attached hydrogen (secondary N) is 1. The summed E-state index contributed by atoms with van der Waals surface area (Å²) in [7, 11) is -3.22. The van der Waals surface area contributed by atoms with Crippen molar-refractivity contribution in [3.05, 3.63) is 53.5 Å². The van der Waals surface area contributed by atoms with E-state index >= 15 is 0 Å². The first-order valence-electron chi connectivity index (χ1n) is 9.57. The summed E-state index contributed by atoms with van der Waals surface area (Å²) in [5.74, 6) is 1.29. The first-order valence-corrected chi connectivity index (χ1v) is 11.1. The summed E-state index contributed by atoms with van der Waals surface area (Å²) in [5.41, 5.74) is -0.138. The maximum Gasteiger partial charge on any atom is 0.181 e. The van der Waals surface area contributed by atoms with E-state index in [0.29, 0.717) is 17.2 Å². The number of aliphatic hydroxyl groups is 1. The van der Waals surface area contributed by atoms with Gasteiger partial charge in [0.25, 0.3) is 0 Å². The van der Waals surface area contributed by atoms with Gasteiger partial charge in [0, 0.05) is 12.6 Å². The maximum atomic E-state index is 12.7. The monoisotopic (exact) mass is 391 g/mol. The van der Waals surface area contributed by atoms with E-state index < -0.39 is 15.4 Å². The number of rotatable bonds is 7. The molecule has 5 nitrogen and oxygen atoms in total. The third-order valence-electron chi connectivity index (χ3n) is 5.47. The van der Waals surface area contributed by atoms with Crippen molar-refractivity contribution >= 4 is 9.84 Å². The van der Waals surface area contributed by atoms with E-state index in [2.05, 4.69) is 5.32 Å². The molecule has 0 aliphatic heterocycles. The highest BCUT2D eigenvalue weighted by molar-refractivity contribution is 7.92. The Morgan fingerprint density at radius 3 is 2.37 bits per heavy atom. The zero-order valence-corrected chi connectivity index (χ0v) is 17.1. The quantitative estimate of drug-likeness (QED) is 0.749. The van der Waals surface area contributed by atoms with Crippen LogP contribution in [0.5, 0.6) is 0 Å². The average molecular weight is 392 g/mol. The van der Waals surface area contributed by atoms with Gasteiger partial charge in [0.15, 0.2) is 9.84 Å². The molecule has 0 amide bonds. The Bertz CT molecular complexity index is 862. The van der Waals surface area contributed by atoms with Gasteiger partial charge in [-0.2, -0.15) is 0 Å². The van der Waals surface area contributed by atoms with Crippen LogP contribution >= 0.6 is 0 Å². The van der Waals surface area contributed by atoms with Gasteiger partial charge in [-0.05, 0) is 63.4 Å². The van der Waals surface area contributed by atoms with Gasteiger partial charge < -0.3 is 14.8 Å². The molecule has 2 N–H and O–H groups in total. The molecule has 1 aromatic carbocycles. The molecule has 0 spiro atoms. The van der Waals surface area contributed by atoms with Crippen LogP contribution in [0.25, 0.3) is 0 Å². The summed E-state index contributed by atoms with van der Waals surface area (Å²) < 4.78 is 30.9. The normalized spacial score (nSPS) is 19.1. The zero-order chi connectivity index (χ0) is 19.7. The molecule has 2 atom stereocenters. The fourth-order valence-corrected chi connectivity index (χ4v) is 5.47. The molecule has 1 aromatic heterocycles. The number of benzene rings is 1. The molecule has 2 aromatic rings. The third-order valence-corrected chi connectivity index (χ3v) is 7.75. The van der Waals surface area contributed by atoms with Crippen molar-refractivity contribution in [2.45, 2.75) is 68.2 Å². The molecule has 1 saturated carbocycles. The summed E-state index contributed by atoms with van der Waals surface area (Å²) in [6.07, 6.45) is 3.53. The van der Waals surface area contributed by atoms with Crippen molar-refractivity contribution in [2.24, 2.45) is 0 Å². The van der Waals surface area contributed by atoms with E-state index in [9.17, 15) is 13.5 Å². The van der Waals surface area contributed by atoms with Crippen LogP contribution in [0.3, 0.4) is 0 Å². The highest BCUT2D eigenvalue weighted by Gasteiger charge is 2.30. The molecule has 148 valence electrons. The predicted molar refractivity (Wildman–Crippen MR) is 105 cm³/mol. The number of furan rings is 1. The van der Waals surface area contributed by atoms with Crippen molar-refractivity contribution in [1.82, 2.24) is 5.32 Å². The lowest BCUT2D eigenvalue weighted by molar-refractivity contribution is 0.0313. The molecule has 0 bridgehead atoms. The molecule has 3 rings (SSSR count). The Kier molecular flexibility index (Phi) is 5.79. The van der Waals surface area contributed by atoms with Gasteiger partial charge in [-0.1, -0.05) is 25.0 Å². The molecule has 1 aliphatic carbocycles. The topological polar surface area (TPSA) is 79.5 Å². The van der Waals surface area contributed by atoms with Crippen LogP contribution in [0.1, 0.15) is 62.7 Å². The highest BCUT2D eigenvalue weighted by Crippen LogP contribution is 2.30. The van der Waals surface area contributed by atoms with Crippen LogP contribution in [0.4, 0.5) is 0 Å². The fourth-order valence-electron chi connectivity index (χ4n) is 3.62. The molecule has 0 radical (unpaired) electrons. The van der Waals surface area contributed by atoms with Crippen molar-refractivity contribution < 1.29 is 17.9 Å². The van der Waals surface area contributed by atoms with Crippen LogP contribution in [-0.2, 0) is 15.4 Å². The molecule has 27 heavy (non-hydrogen) atoms. The summed E-state index contributed by atoms with van der Waals surface area (Å²) in [4.78, 5) is 0.406. The summed E-state index contributed by atoms with van der Waals surface area (Å²) in [5, 5.41) is 13.7. The second kappa shape index (κ2) is 7.78. The lowest BCUT2D eigenvalue weighted by atomic mass is 10.0. The maximum absolute atomic E-state index is 12.7. The van der Waals surface area contributed by atoms with Gasteiger partial charge in [0.2, 0.25) is 0 Å². The molecule has 6 heteroatoms. The van der Waals surface area contributed by atoms with E-state index in [1.54, 1.807) is 25.1 Å². The number of hydrogen-bond acceptors (Lipinski definition) is 5. The van der Waals surface area contributed by atoms with Crippen LogP contribution < -0.4 is 5.32 Å². The Balaban J connectivity index is 1.64. The van der Waals surface area contributed by atoms with Gasteiger partial charge >= 0.3 is 0 Å². The molecule has 0 unspecified atom stereocenters. The summed E-state index contributed by atoms with van der Waals surface area (Å²) >= 11 is 0. The largest absolute Gasteiger partial charge is 0.463 e. The van der Waals surface area contributed by atoms with Crippen molar-refractivity contribution in [2.75, 3.05) is 6.54 Å². The van der Waals surface area contributed by atoms with Gasteiger partial charge in [0.05, 0.1) is 10.1 Å². The van der Waals surface area contributed by atoms with E-state index in [-0.39, 0.29) is 11.3 Å².